The van der Waals surface area contributed by atoms with Gasteiger partial charge in [0.15, 0.2) is 0 Å². The van der Waals surface area contributed by atoms with E-state index < -0.39 is 0 Å². The van der Waals surface area contributed by atoms with Crippen LogP contribution in [0.1, 0.15) is 34.8 Å². The van der Waals surface area contributed by atoms with Gasteiger partial charge in [-0.2, -0.15) is 0 Å². The van der Waals surface area contributed by atoms with Gasteiger partial charge in [0.25, 0.3) is 11.8 Å². The Kier molecular flexibility index (Phi) is 7.21. The van der Waals surface area contributed by atoms with E-state index in [1.54, 1.807) is 24.1 Å². The largest absolute Gasteiger partial charge is 0.350 e. The molecule has 4 rings (SSSR count). The molecule has 1 atom stereocenters. The van der Waals surface area contributed by atoms with Crippen LogP contribution in [0.3, 0.4) is 0 Å². The van der Waals surface area contributed by atoms with Crippen molar-refractivity contribution in [3.63, 3.8) is 0 Å². The number of benzene rings is 3. The summed E-state index contributed by atoms with van der Waals surface area (Å²) in [5.74, 6) is -0.261. The highest BCUT2D eigenvalue weighted by Gasteiger charge is 2.27. The van der Waals surface area contributed by atoms with Crippen molar-refractivity contribution in [2.45, 2.75) is 30.7 Å². The zero-order chi connectivity index (χ0) is 23.4. The van der Waals surface area contributed by atoms with Crippen LogP contribution in [0.2, 0.25) is 5.02 Å². The Morgan fingerprint density at radius 3 is 2.58 bits per heavy atom. The first-order valence-corrected chi connectivity index (χ1v) is 12.0. The summed E-state index contributed by atoms with van der Waals surface area (Å²) in [6.07, 6.45) is 3.57. The van der Waals surface area contributed by atoms with E-state index in [-0.39, 0.29) is 17.9 Å². The Bertz CT molecular complexity index is 1210. The molecule has 6 heteroatoms. The quantitative estimate of drug-likeness (QED) is 0.431. The number of aryl methyl sites for hydroxylation is 1. The van der Waals surface area contributed by atoms with E-state index in [1.165, 1.54) is 17.3 Å². The molecule has 168 valence electrons. The molecule has 1 aliphatic heterocycles. The van der Waals surface area contributed by atoms with Crippen LogP contribution >= 0.6 is 23.4 Å². The minimum atomic E-state index is -0.137. The molecule has 0 fully saturated rings. The highest BCUT2D eigenvalue weighted by molar-refractivity contribution is 8.04. The molecule has 33 heavy (non-hydrogen) atoms. The predicted molar refractivity (Wildman–Crippen MR) is 137 cm³/mol. The number of carbonyl (C=O) groups excluding carboxylic acids is 2. The molecule has 0 spiro atoms. The number of likely N-dealkylation sites (N-methyl/N-ethyl adjacent to an activating group) is 1. The molecule has 2 amide bonds. The number of nitrogens with one attached hydrogen (secondary N) is 1. The number of halogens is 1. The topological polar surface area (TPSA) is 49.4 Å². The number of hydrogen-bond donors (Lipinski definition) is 1. The number of fused-ring (bicyclic) bond motifs is 1. The van der Waals surface area contributed by atoms with Crippen LogP contribution in [0, 0.1) is 0 Å². The SMILES string of the molecule is C[C@@H](CCc1ccccc1)NC(=O)c1ccc2c(c1)N(C)C(=O)/C(=C/c1ccccc1Cl)S2. The maximum absolute atomic E-state index is 13.0. The lowest BCUT2D eigenvalue weighted by Gasteiger charge is -2.27. The van der Waals surface area contributed by atoms with Crippen molar-refractivity contribution in [2.75, 3.05) is 11.9 Å². The Labute approximate surface area is 203 Å². The van der Waals surface area contributed by atoms with Gasteiger partial charge >= 0.3 is 0 Å². The van der Waals surface area contributed by atoms with E-state index in [0.29, 0.717) is 15.5 Å². The van der Waals surface area contributed by atoms with E-state index in [9.17, 15) is 9.59 Å². The zero-order valence-electron chi connectivity index (χ0n) is 18.5. The second-order valence-corrected chi connectivity index (χ2v) is 9.57. The van der Waals surface area contributed by atoms with E-state index >= 15 is 0 Å². The molecule has 0 aromatic heterocycles. The number of carbonyl (C=O) groups is 2. The maximum atomic E-state index is 13.0. The maximum Gasteiger partial charge on any atom is 0.264 e. The Hall–Kier alpha value is -3.02. The predicted octanol–water partition coefficient (Wildman–Crippen LogP) is 6.20. The second kappa shape index (κ2) is 10.3. The summed E-state index contributed by atoms with van der Waals surface area (Å²) >= 11 is 7.65. The van der Waals surface area contributed by atoms with Gasteiger partial charge in [0, 0.05) is 28.6 Å². The summed E-state index contributed by atoms with van der Waals surface area (Å²) in [6, 6.07) is 23.2. The zero-order valence-corrected chi connectivity index (χ0v) is 20.1. The van der Waals surface area contributed by atoms with Gasteiger partial charge in [0.05, 0.1) is 10.6 Å². The first-order chi connectivity index (χ1) is 15.9. The first-order valence-electron chi connectivity index (χ1n) is 10.8. The molecule has 0 saturated heterocycles. The average Bonchev–Trinajstić information content (AvgIpc) is 2.83. The first kappa shape index (κ1) is 23.1. The third-order valence-electron chi connectivity index (χ3n) is 5.60. The van der Waals surface area contributed by atoms with Gasteiger partial charge in [0.1, 0.15) is 0 Å². The van der Waals surface area contributed by atoms with Crippen molar-refractivity contribution in [1.29, 1.82) is 0 Å². The van der Waals surface area contributed by atoms with Crippen molar-refractivity contribution in [3.8, 4) is 0 Å². The fraction of sp³-hybridized carbons (Fsp3) is 0.185. The molecule has 3 aromatic rings. The van der Waals surface area contributed by atoms with Crippen LogP contribution in [-0.2, 0) is 11.2 Å². The normalized spacial score (nSPS) is 15.3. The lowest BCUT2D eigenvalue weighted by atomic mass is 10.1. The Morgan fingerprint density at radius 1 is 1.09 bits per heavy atom. The third-order valence-corrected chi connectivity index (χ3v) is 7.02. The molecule has 1 aliphatic rings. The van der Waals surface area contributed by atoms with Crippen molar-refractivity contribution >= 4 is 46.9 Å². The van der Waals surface area contributed by atoms with Gasteiger partial charge in [0.2, 0.25) is 0 Å². The highest BCUT2D eigenvalue weighted by atomic mass is 35.5. The molecule has 0 saturated carbocycles. The molecular formula is C27H25ClN2O2S. The smallest absolute Gasteiger partial charge is 0.264 e. The summed E-state index contributed by atoms with van der Waals surface area (Å²) in [5, 5.41) is 3.67. The summed E-state index contributed by atoms with van der Waals surface area (Å²) in [5.41, 5.74) is 3.32. The average molecular weight is 477 g/mol. The van der Waals surface area contributed by atoms with Gasteiger partial charge in [-0.15, -0.1) is 0 Å². The molecule has 1 heterocycles. The monoisotopic (exact) mass is 476 g/mol. The molecule has 3 aromatic carbocycles. The standard InChI is InChI=1S/C27H25ClN2O2S/c1-18(12-13-19-8-4-3-5-9-19)29-26(31)21-14-15-24-23(16-21)30(2)27(32)25(33-24)17-20-10-6-7-11-22(20)28/h3-11,14-18H,12-13H2,1-2H3,(H,29,31)/b25-17-/t18-/m0/s1. The fourth-order valence-corrected chi connectivity index (χ4v) is 4.95. The number of thioether (sulfide) groups is 1. The van der Waals surface area contributed by atoms with Crippen molar-refractivity contribution < 1.29 is 9.59 Å². The highest BCUT2D eigenvalue weighted by Crippen LogP contribution is 2.42. The van der Waals surface area contributed by atoms with E-state index in [1.807, 2.05) is 61.5 Å². The van der Waals surface area contributed by atoms with Gasteiger partial charge in [-0.25, -0.2) is 0 Å². The molecule has 4 nitrogen and oxygen atoms in total. The van der Waals surface area contributed by atoms with Crippen molar-refractivity contribution in [1.82, 2.24) is 5.32 Å². The summed E-state index contributed by atoms with van der Waals surface area (Å²) < 4.78 is 0. The second-order valence-electron chi connectivity index (χ2n) is 8.08. The van der Waals surface area contributed by atoms with Crippen LogP contribution < -0.4 is 10.2 Å². The van der Waals surface area contributed by atoms with Gasteiger partial charge < -0.3 is 10.2 Å². The molecule has 0 aliphatic carbocycles. The number of nitrogens with zero attached hydrogens (tertiary/aromatic N) is 1. The van der Waals surface area contributed by atoms with Gasteiger partial charge in [-0.3, -0.25) is 9.59 Å². The van der Waals surface area contributed by atoms with Crippen LogP contribution in [0.4, 0.5) is 5.69 Å². The summed E-state index contributed by atoms with van der Waals surface area (Å²) in [6.45, 7) is 2.01. The summed E-state index contributed by atoms with van der Waals surface area (Å²) in [7, 11) is 1.73. The van der Waals surface area contributed by atoms with E-state index in [0.717, 1.165) is 29.0 Å². The lowest BCUT2D eigenvalue weighted by Crippen LogP contribution is -2.34. The van der Waals surface area contributed by atoms with Crippen LogP contribution in [0.5, 0.6) is 0 Å². The molecule has 1 N–H and O–H groups in total. The molecule has 0 radical (unpaired) electrons. The van der Waals surface area contributed by atoms with Crippen LogP contribution in [0.25, 0.3) is 6.08 Å². The number of hydrogen-bond acceptors (Lipinski definition) is 3. The van der Waals surface area contributed by atoms with Crippen LogP contribution in [-0.4, -0.2) is 24.9 Å². The number of rotatable bonds is 6. The number of anilines is 1. The molecule has 0 unspecified atom stereocenters. The van der Waals surface area contributed by atoms with E-state index in [4.69, 9.17) is 11.6 Å². The minimum Gasteiger partial charge on any atom is -0.350 e. The Balaban J connectivity index is 1.46. The number of amides is 2. The van der Waals surface area contributed by atoms with Crippen molar-refractivity contribution in [3.05, 3.63) is 99.4 Å². The molecule has 0 bridgehead atoms. The lowest BCUT2D eigenvalue weighted by molar-refractivity contribution is -0.114. The fourth-order valence-electron chi connectivity index (χ4n) is 3.68. The van der Waals surface area contributed by atoms with Crippen molar-refractivity contribution in [2.24, 2.45) is 0 Å². The van der Waals surface area contributed by atoms with Gasteiger partial charge in [-0.1, -0.05) is 71.9 Å². The van der Waals surface area contributed by atoms with Gasteiger partial charge in [-0.05, 0) is 61.2 Å². The minimum absolute atomic E-state index is 0.0348. The van der Waals surface area contributed by atoms with Crippen LogP contribution in [0.15, 0.2) is 82.6 Å². The molecular weight excluding hydrogens is 452 g/mol. The van der Waals surface area contributed by atoms with E-state index in [2.05, 4.69) is 17.4 Å². The Morgan fingerprint density at radius 2 is 1.82 bits per heavy atom. The summed E-state index contributed by atoms with van der Waals surface area (Å²) in [4.78, 5) is 28.9. The third kappa shape index (κ3) is 5.49.